The second kappa shape index (κ2) is 9.01. The molecule has 0 aliphatic carbocycles. The number of aromatic nitrogens is 1. The van der Waals surface area contributed by atoms with Gasteiger partial charge in [-0.1, -0.05) is 25.4 Å². The second-order valence-corrected chi connectivity index (χ2v) is 6.57. The zero-order chi connectivity index (χ0) is 18.4. The molecule has 25 heavy (non-hydrogen) atoms. The molecular weight excluding hydrogens is 348 g/mol. The molecule has 8 heteroatoms. The van der Waals surface area contributed by atoms with Gasteiger partial charge in [0.05, 0.1) is 25.9 Å². The van der Waals surface area contributed by atoms with Crippen molar-refractivity contribution in [3.05, 3.63) is 22.8 Å². The molecule has 0 spiro atoms. The maximum atomic E-state index is 12.4. The van der Waals surface area contributed by atoms with Gasteiger partial charge in [-0.15, -0.1) is 0 Å². The Hall–Kier alpha value is -1.86. The van der Waals surface area contributed by atoms with Crippen molar-refractivity contribution in [2.45, 2.75) is 38.8 Å². The molecule has 2 heterocycles. The lowest BCUT2D eigenvalue weighted by Crippen LogP contribution is -2.45. The van der Waals surface area contributed by atoms with E-state index in [0.717, 1.165) is 12.8 Å². The van der Waals surface area contributed by atoms with E-state index in [0.29, 0.717) is 19.1 Å². The van der Waals surface area contributed by atoms with Crippen LogP contribution in [0.25, 0.3) is 0 Å². The highest BCUT2D eigenvalue weighted by Crippen LogP contribution is 2.25. The summed E-state index contributed by atoms with van der Waals surface area (Å²) in [5.74, 6) is -0.771. The van der Waals surface area contributed by atoms with Crippen LogP contribution in [0.1, 0.15) is 37.0 Å². The number of hydrogen-bond acceptors (Lipinski definition) is 6. The Bertz CT molecular complexity index is 617. The summed E-state index contributed by atoms with van der Waals surface area (Å²) in [6.07, 6.45) is 2.93. The fraction of sp³-hybridized carbons (Fsp3) is 0.588. The van der Waals surface area contributed by atoms with Gasteiger partial charge >= 0.3 is 5.97 Å². The summed E-state index contributed by atoms with van der Waals surface area (Å²) in [5.41, 5.74) is 0.249. The average molecular weight is 371 g/mol. The number of rotatable bonds is 6. The van der Waals surface area contributed by atoms with Crippen LogP contribution in [0.5, 0.6) is 5.88 Å². The van der Waals surface area contributed by atoms with Crippen LogP contribution in [0, 0.1) is 5.92 Å². The smallest absolute Gasteiger partial charge is 0.328 e. The highest BCUT2D eigenvalue weighted by molar-refractivity contribution is 6.32. The van der Waals surface area contributed by atoms with Gasteiger partial charge < -0.3 is 19.5 Å². The lowest BCUT2D eigenvalue weighted by atomic mass is 10.0. The number of ether oxygens (including phenoxy) is 3. The summed E-state index contributed by atoms with van der Waals surface area (Å²) in [6.45, 7) is 4.93. The number of amides is 1. The third kappa shape index (κ3) is 5.31. The van der Waals surface area contributed by atoms with Crippen molar-refractivity contribution in [1.29, 1.82) is 0 Å². The Balaban J connectivity index is 2.05. The largest absolute Gasteiger partial charge is 0.473 e. The molecule has 1 fully saturated rings. The molecule has 1 unspecified atom stereocenters. The first-order valence-corrected chi connectivity index (χ1v) is 8.58. The van der Waals surface area contributed by atoms with Crippen LogP contribution in [0.2, 0.25) is 5.02 Å². The first-order chi connectivity index (χ1) is 11.9. The van der Waals surface area contributed by atoms with Crippen LogP contribution in [-0.4, -0.2) is 49.3 Å². The number of hydrogen-bond donors (Lipinski definition) is 1. The fourth-order valence-electron chi connectivity index (χ4n) is 2.44. The molecule has 0 aromatic carbocycles. The Morgan fingerprint density at radius 2 is 2.04 bits per heavy atom. The van der Waals surface area contributed by atoms with E-state index in [4.69, 9.17) is 25.8 Å². The molecule has 1 saturated heterocycles. The molecule has 1 aliphatic rings. The third-order valence-electron chi connectivity index (χ3n) is 3.92. The summed E-state index contributed by atoms with van der Waals surface area (Å²) >= 11 is 6.19. The first kappa shape index (κ1) is 19.5. The maximum absolute atomic E-state index is 12.4. The van der Waals surface area contributed by atoms with E-state index >= 15 is 0 Å². The Labute approximate surface area is 152 Å². The highest BCUT2D eigenvalue weighted by Gasteiger charge is 2.26. The number of carbonyl (C=O) groups is 2. The molecule has 1 atom stereocenters. The minimum Gasteiger partial charge on any atom is -0.473 e. The van der Waals surface area contributed by atoms with Crippen molar-refractivity contribution in [3.63, 3.8) is 0 Å². The van der Waals surface area contributed by atoms with E-state index in [-0.39, 0.29) is 22.6 Å². The van der Waals surface area contributed by atoms with Crippen molar-refractivity contribution < 1.29 is 23.8 Å². The Kier molecular flexibility index (Phi) is 7.01. The Morgan fingerprint density at radius 1 is 1.36 bits per heavy atom. The van der Waals surface area contributed by atoms with Gasteiger partial charge in [0.1, 0.15) is 17.2 Å². The standard InChI is InChI=1S/C17H23ClN2O5/c1-10(2)14(17(22)23-3)20-15(21)11-8-13(18)16(19-9-11)25-12-4-6-24-7-5-12/h8-10,12,14H,4-7H2,1-3H3,(H,20,21). The van der Waals surface area contributed by atoms with Gasteiger partial charge in [-0.2, -0.15) is 0 Å². The van der Waals surface area contributed by atoms with Crippen molar-refractivity contribution in [1.82, 2.24) is 10.3 Å². The molecule has 7 nitrogen and oxygen atoms in total. The predicted molar refractivity (Wildman–Crippen MR) is 91.8 cm³/mol. The fourth-order valence-corrected chi connectivity index (χ4v) is 2.65. The average Bonchev–Trinajstić information content (AvgIpc) is 2.61. The van der Waals surface area contributed by atoms with Gasteiger partial charge in [0, 0.05) is 19.0 Å². The zero-order valence-electron chi connectivity index (χ0n) is 14.6. The first-order valence-electron chi connectivity index (χ1n) is 8.21. The van der Waals surface area contributed by atoms with Crippen LogP contribution in [0.4, 0.5) is 0 Å². The molecule has 1 aliphatic heterocycles. The van der Waals surface area contributed by atoms with Gasteiger partial charge in [-0.25, -0.2) is 9.78 Å². The highest BCUT2D eigenvalue weighted by atomic mass is 35.5. The van der Waals surface area contributed by atoms with Gasteiger partial charge in [-0.3, -0.25) is 4.79 Å². The molecule has 1 aromatic rings. The van der Waals surface area contributed by atoms with Crippen molar-refractivity contribution in [2.75, 3.05) is 20.3 Å². The van der Waals surface area contributed by atoms with Crippen LogP contribution in [0.15, 0.2) is 12.3 Å². The van der Waals surface area contributed by atoms with E-state index in [1.807, 2.05) is 13.8 Å². The summed E-state index contributed by atoms with van der Waals surface area (Å²) in [6, 6.07) is 0.738. The van der Waals surface area contributed by atoms with Crippen LogP contribution >= 0.6 is 11.6 Å². The SMILES string of the molecule is COC(=O)C(NC(=O)c1cnc(OC2CCOCC2)c(Cl)c1)C(C)C. The van der Waals surface area contributed by atoms with E-state index in [2.05, 4.69) is 10.3 Å². The Morgan fingerprint density at radius 3 is 2.60 bits per heavy atom. The molecule has 1 aromatic heterocycles. The predicted octanol–water partition coefficient (Wildman–Crippen LogP) is 2.22. The molecular formula is C17H23ClN2O5. The summed E-state index contributed by atoms with van der Waals surface area (Å²) in [7, 11) is 1.28. The van der Waals surface area contributed by atoms with E-state index in [1.165, 1.54) is 19.4 Å². The summed E-state index contributed by atoms with van der Waals surface area (Å²) in [5, 5.41) is 2.89. The summed E-state index contributed by atoms with van der Waals surface area (Å²) < 4.78 is 15.8. The number of carbonyl (C=O) groups excluding carboxylic acids is 2. The minimum absolute atomic E-state index is 0.00284. The number of nitrogens with one attached hydrogen (secondary N) is 1. The van der Waals surface area contributed by atoms with E-state index < -0.39 is 17.9 Å². The van der Waals surface area contributed by atoms with Crippen LogP contribution in [0.3, 0.4) is 0 Å². The number of pyridine rings is 1. The monoisotopic (exact) mass is 370 g/mol. The van der Waals surface area contributed by atoms with Crippen LogP contribution < -0.4 is 10.1 Å². The topological polar surface area (TPSA) is 86.8 Å². The minimum atomic E-state index is -0.741. The van der Waals surface area contributed by atoms with Crippen LogP contribution in [-0.2, 0) is 14.3 Å². The number of methoxy groups -OCH3 is 1. The molecule has 1 N–H and O–H groups in total. The molecule has 1 amide bonds. The second-order valence-electron chi connectivity index (χ2n) is 6.16. The quantitative estimate of drug-likeness (QED) is 0.772. The molecule has 0 bridgehead atoms. The number of nitrogens with zero attached hydrogens (tertiary/aromatic N) is 1. The van der Waals surface area contributed by atoms with Gasteiger partial charge in [0.15, 0.2) is 0 Å². The molecule has 0 radical (unpaired) electrons. The van der Waals surface area contributed by atoms with E-state index in [1.54, 1.807) is 0 Å². The van der Waals surface area contributed by atoms with Gasteiger partial charge in [0.25, 0.3) is 5.91 Å². The zero-order valence-corrected chi connectivity index (χ0v) is 15.3. The maximum Gasteiger partial charge on any atom is 0.328 e. The molecule has 2 rings (SSSR count). The third-order valence-corrected chi connectivity index (χ3v) is 4.20. The van der Waals surface area contributed by atoms with Crippen molar-refractivity contribution in [2.24, 2.45) is 5.92 Å². The van der Waals surface area contributed by atoms with E-state index in [9.17, 15) is 9.59 Å². The summed E-state index contributed by atoms with van der Waals surface area (Å²) in [4.78, 5) is 28.3. The lowest BCUT2D eigenvalue weighted by Gasteiger charge is -2.23. The van der Waals surface area contributed by atoms with Gasteiger partial charge in [0.2, 0.25) is 5.88 Å². The van der Waals surface area contributed by atoms with Crippen molar-refractivity contribution >= 4 is 23.5 Å². The number of halogens is 1. The van der Waals surface area contributed by atoms with Crippen molar-refractivity contribution in [3.8, 4) is 5.88 Å². The molecule has 0 saturated carbocycles. The number of esters is 1. The van der Waals surface area contributed by atoms with Gasteiger partial charge in [-0.05, 0) is 12.0 Å². The molecule has 138 valence electrons. The lowest BCUT2D eigenvalue weighted by molar-refractivity contribution is -0.144. The normalized spacial score (nSPS) is 16.4.